The Morgan fingerprint density at radius 3 is 2.64 bits per heavy atom. The molecule has 0 radical (unpaired) electrons. The zero-order valence-electron chi connectivity index (χ0n) is 11.9. The lowest BCUT2D eigenvalue weighted by atomic mass is 10.2. The van der Waals surface area contributed by atoms with Gasteiger partial charge in [-0.3, -0.25) is 4.79 Å². The topological polar surface area (TPSA) is 53.5 Å². The molecule has 2 N–H and O–H groups in total. The van der Waals surface area contributed by atoms with E-state index < -0.39 is 0 Å². The monoisotopic (exact) mass is 335 g/mol. The first-order chi connectivity index (χ1) is 10.6. The van der Waals surface area contributed by atoms with Crippen LogP contribution in [0.15, 0.2) is 47.6 Å². The van der Waals surface area contributed by atoms with E-state index in [1.54, 1.807) is 18.2 Å². The van der Waals surface area contributed by atoms with E-state index in [1.165, 1.54) is 6.21 Å². The predicted molar refractivity (Wildman–Crippen MR) is 91.9 cm³/mol. The van der Waals surface area contributed by atoms with E-state index in [4.69, 9.17) is 23.2 Å². The van der Waals surface area contributed by atoms with Crippen molar-refractivity contribution in [3.63, 3.8) is 0 Å². The number of hydrogen-bond donors (Lipinski definition) is 2. The summed E-state index contributed by atoms with van der Waals surface area (Å²) < 4.78 is 0. The van der Waals surface area contributed by atoms with E-state index in [0.717, 1.165) is 11.3 Å². The van der Waals surface area contributed by atoms with Gasteiger partial charge in [0, 0.05) is 11.3 Å². The molecule has 0 bridgehead atoms. The second-order valence-corrected chi connectivity index (χ2v) is 5.44. The molecule has 0 fully saturated rings. The van der Waals surface area contributed by atoms with Crippen LogP contribution in [0.5, 0.6) is 0 Å². The van der Waals surface area contributed by atoms with E-state index in [9.17, 15) is 4.79 Å². The van der Waals surface area contributed by atoms with Crippen molar-refractivity contribution in [3.8, 4) is 0 Å². The van der Waals surface area contributed by atoms with Crippen molar-refractivity contribution in [2.45, 2.75) is 6.92 Å². The molecule has 22 heavy (non-hydrogen) atoms. The number of halogens is 2. The minimum Gasteiger partial charge on any atom is -0.376 e. The number of carbonyl (C=O) groups excluding carboxylic acids is 1. The molecule has 0 saturated carbocycles. The maximum Gasteiger partial charge on any atom is 0.259 e. The fourth-order valence-electron chi connectivity index (χ4n) is 1.69. The smallest absolute Gasteiger partial charge is 0.259 e. The van der Waals surface area contributed by atoms with Gasteiger partial charge in [-0.25, -0.2) is 5.43 Å². The van der Waals surface area contributed by atoms with Crippen LogP contribution >= 0.6 is 23.2 Å². The predicted octanol–water partition coefficient (Wildman–Crippen LogP) is 3.86. The summed E-state index contributed by atoms with van der Waals surface area (Å²) in [5.74, 6) is -0.255. The molecule has 0 aliphatic carbocycles. The molecule has 0 saturated heterocycles. The number of hydrogen-bond acceptors (Lipinski definition) is 3. The lowest BCUT2D eigenvalue weighted by Crippen LogP contribution is -2.25. The van der Waals surface area contributed by atoms with Gasteiger partial charge in [-0.2, -0.15) is 5.10 Å². The Kier molecular flexibility index (Phi) is 5.81. The minimum atomic E-state index is -0.255. The first-order valence-corrected chi connectivity index (χ1v) is 7.38. The summed E-state index contributed by atoms with van der Waals surface area (Å²) in [7, 11) is 0. The average Bonchev–Trinajstić information content (AvgIpc) is 2.51. The first kappa shape index (κ1) is 16.3. The van der Waals surface area contributed by atoms with Gasteiger partial charge >= 0.3 is 0 Å². The van der Waals surface area contributed by atoms with Crippen molar-refractivity contribution < 1.29 is 4.79 Å². The van der Waals surface area contributed by atoms with Gasteiger partial charge in [0.15, 0.2) is 0 Å². The Morgan fingerprint density at radius 1 is 1.18 bits per heavy atom. The second kappa shape index (κ2) is 7.82. The quantitative estimate of drug-likeness (QED) is 0.643. The molecular formula is C16H15Cl2N3O. The van der Waals surface area contributed by atoms with E-state index in [0.29, 0.717) is 15.6 Å². The van der Waals surface area contributed by atoms with Crippen LogP contribution < -0.4 is 10.7 Å². The van der Waals surface area contributed by atoms with E-state index in [2.05, 4.69) is 15.8 Å². The lowest BCUT2D eigenvalue weighted by molar-refractivity contribution is -0.119. The molecule has 4 nitrogen and oxygen atoms in total. The van der Waals surface area contributed by atoms with E-state index >= 15 is 0 Å². The summed E-state index contributed by atoms with van der Waals surface area (Å²) in [6, 6.07) is 13.0. The third kappa shape index (κ3) is 4.76. The van der Waals surface area contributed by atoms with Crippen molar-refractivity contribution in [2.75, 3.05) is 11.9 Å². The molecule has 0 aromatic heterocycles. The third-order valence-corrected chi connectivity index (χ3v) is 3.71. The van der Waals surface area contributed by atoms with Crippen molar-refractivity contribution >= 4 is 41.0 Å². The highest BCUT2D eigenvalue weighted by Crippen LogP contribution is 2.24. The number of rotatable bonds is 5. The highest BCUT2D eigenvalue weighted by molar-refractivity contribution is 6.43. The van der Waals surface area contributed by atoms with Gasteiger partial charge in [0.1, 0.15) is 0 Å². The summed E-state index contributed by atoms with van der Waals surface area (Å²) in [5, 5.41) is 7.72. The van der Waals surface area contributed by atoms with Gasteiger partial charge in [-0.1, -0.05) is 53.0 Å². The Labute approximate surface area is 139 Å². The number of aryl methyl sites for hydroxylation is 1. The number of anilines is 1. The van der Waals surface area contributed by atoms with Crippen molar-refractivity contribution in [3.05, 3.63) is 63.6 Å². The zero-order chi connectivity index (χ0) is 15.9. The van der Waals surface area contributed by atoms with Gasteiger partial charge in [-0.05, 0) is 25.1 Å². The number of carbonyl (C=O) groups is 1. The van der Waals surface area contributed by atoms with Crippen LogP contribution in [0.1, 0.15) is 11.1 Å². The SMILES string of the molecule is Cc1ccc(NCC(=O)N/N=C\c2cccc(Cl)c2Cl)cc1. The second-order valence-electron chi connectivity index (χ2n) is 4.66. The Hall–Kier alpha value is -2.04. The molecule has 2 aromatic carbocycles. The van der Waals surface area contributed by atoms with Gasteiger partial charge in [0.2, 0.25) is 0 Å². The van der Waals surface area contributed by atoms with Gasteiger partial charge in [-0.15, -0.1) is 0 Å². The fourth-order valence-corrected chi connectivity index (χ4v) is 2.04. The van der Waals surface area contributed by atoms with E-state index in [-0.39, 0.29) is 12.5 Å². The molecular weight excluding hydrogens is 321 g/mol. The first-order valence-electron chi connectivity index (χ1n) is 6.63. The van der Waals surface area contributed by atoms with Gasteiger partial charge < -0.3 is 5.32 Å². The van der Waals surface area contributed by atoms with Crippen LogP contribution in [0.4, 0.5) is 5.69 Å². The third-order valence-electron chi connectivity index (χ3n) is 2.88. The normalized spacial score (nSPS) is 10.7. The fraction of sp³-hybridized carbons (Fsp3) is 0.125. The van der Waals surface area contributed by atoms with Crippen LogP contribution in [0.25, 0.3) is 0 Å². The molecule has 1 amide bonds. The molecule has 0 atom stereocenters. The summed E-state index contributed by atoms with van der Waals surface area (Å²) in [6.07, 6.45) is 1.46. The lowest BCUT2D eigenvalue weighted by Gasteiger charge is -2.05. The largest absolute Gasteiger partial charge is 0.376 e. The number of benzene rings is 2. The summed E-state index contributed by atoms with van der Waals surface area (Å²) in [5.41, 5.74) is 5.11. The molecule has 0 aliphatic rings. The van der Waals surface area contributed by atoms with Gasteiger partial charge in [0.25, 0.3) is 5.91 Å². The summed E-state index contributed by atoms with van der Waals surface area (Å²) >= 11 is 11.9. The molecule has 2 rings (SSSR count). The minimum absolute atomic E-state index is 0.129. The molecule has 114 valence electrons. The molecule has 6 heteroatoms. The molecule has 0 aliphatic heterocycles. The maximum absolute atomic E-state index is 11.7. The highest BCUT2D eigenvalue weighted by Gasteiger charge is 2.02. The van der Waals surface area contributed by atoms with Crippen molar-refractivity contribution in [2.24, 2.45) is 5.10 Å². The Bertz CT molecular complexity index is 684. The van der Waals surface area contributed by atoms with Crippen LogP contribution in [0.2, 0.25) is 10.0 Å². The van der Waals surface area contributed by atoms with E-state index in [1.807, 2.05) is 31.2 Å². The van der Waals surface area contributed by atoms with Crippen molar-refractivity contribution in [1.29, 1.82) is 0 Å². The van der Waals surface area contributed by atoms with Gasteiger partial charge in [0.05, 0.1) is 22.8 Å². The molecule has 0 spiro atoms. The number of nitrogens with one attached hydrogen (secondary N) is 2. The molecule has 2 aromatic rings. The van der Waals surface area contributed by atoms with Crippen LogP contribution in [-0.2, 0) is 4.79 Å². The summed E-state index contributed by atoms with van der Waals surface area (Å²) in [4.78, 5) is 11.7. The average molecular weight is 336 g/mol. The Morgan fingerprint density at radius 2 is 1.91 bits per heavy atom. The molecule has 0 unspecified atom stereocenters. The summed E-state index contributed by atoms with van der Waals surface area (Å²) in [6.45, 7) is 2.13. The van der Waals surface area contributed by atoms with Crippen molar-refractivity contribution in [1.82, 2.24) is 5.43 Å². The molecule has 0 heterocycles. The highest BCUT2D eigenvalue weighted by atomic mass is 35.5. The maximum atomic E-state index is 11.7. The number of nitrogens with zero attached hydrogens (tertiary/aromatic N) is 1. The van der Waals surface area contributed by atoms with Crippen LogP contribution in [0.3, 0.4) is 0 Å². The Balaban J connectivity index is 1.83. The number of amides is 1. The van der Waals surface area contributed by atoms with Crippen LogP contribution in [-0.4, -0.2) is 18.7 Å². The standard InChI is InChI=1S/C16H15Cl2N3O/c1-11-5-7-13(8-6-11)19-10-15(22)21-20-9-12-3-2-4-14(17)16(12)18/h2-9,19H,10H2,1H3,(H,21,22)/b20-9-. The van der Waals surface area contributed by atoms with Crippen LogP contribution in [0, 0.1) is 6.92 Å². The number of hydrazone groups is 1. The zero-order valence-corrected chi connectivity index (χ0v) is 13.4.